The minimum Gasteiger partial charge on any atom is -0.309 e. The summed E-state index contributed by atoms with van der Waals surface area (Å²) >= 11 is 20.0. The van der Waals surface area contributed by atoms with Gasteiger partial charge in [0.2, 0.25) is 0 Å². The van der Waals surface area contributed by atoms with Crippen LogP contribution >= 0.6 is 34.8 Å². The Bertz CT molecular complexity index is 3420. The van der Waals surface area contributed by atoms with Crippen molar-refractivity contribution >= 4 is 86.0 Å². The molecular weight excluding hydrogens is 1090 g/mol. The molecule has 0 atom stereocenters. The number of hydrogen-bond acceptors (Lipinski definition) is 3. The van der Waals surface area contributed by atoms with Gasteiger partial charge < -0.3 is 14.7 Å². The van der Waals surface area contributed by atoms with E-state index in [1.165, 1.54) is 33.4 Å². The lowest BCUT2D eigenvalue weighted by atomic mass is 9.85. The highest BCUT2D eigenvalue weighted by molar-refractivity contribution is 6.44. The van der Waals surface area contributed by atoms with Gasteiger partial charge >= 0.3 is 0 Å². The summed E-state index contributed by atoms with van der Waals surface area (Å²) in [5, 5.41) is 1.78. The van der Waals surface area contributed by atoms with Crippen molar-refractivity contribution in [2.75, 3.05) is 14.7 Å². The Balaban J connectivity index is 0.000000198. The number of benzene rings is 10. The average Bonchev–Trinajstić information content (AvgIpc) is 2.97. The molecule has 0 fully saturated rings. The summed E-state index contributed by atoms with van der Waals surface area (Å²) in [6.45, 7) is 27.0. The summed E-state index contributed by atoms with van der Waals surface area (Å²) in [6, 6.07) is 88.7. The first kappa shape index (κ1) is 64.0. The average molecular weight is 1170 g/mol. The predicted octanol–water partition coefficient (Wildman–Crippen LogP) is 24.8. The molecule has 0 aliphatic carbocycles. The molecule has 0 unspecified atom stereocenters. The lowest BCUT2D eigenvalue weighted by molar-refractivity contribution is 0.589. The first-order valence-corrected chi connectivity index (χ1v) is 29.8. The molecule has 0 saturated heterocycles. The van der Waals surface area contributed by atoms with Gasteiger partial charge in [-0.15, -0.1) is 0 Å². The van der Waals surface area contributed by atoms with Crippen molar-refractivity contribution in [2.24, 2.45) is 0 Å². The molecule has 0 amide bonds. The van der Waals surface area contributed by atoms with E-state index in [0.717, 1.165) is 57.6 Å². The maximum absolute atomic E-state index is 7.42. The first-order valence-electron chi connectivity index (χ1n) is 28.7. The summed E-state index contributed by atoms with van der Waals surface area (Å²) in [6.07, 6.45) is 1.01. The van der Waals surface area contributed by atoms with Crippen molar-refractivity contribution in [2.45, 2.75) is 119 Å². The molecular formula is C78H84Cl3N3. The fourth-order valence-corrected chi connectivity index (χ4v) is 10.5. The van der Waals surface area contributed by atoms with Crippen LogP contribution in [0.25, 0.3) is 0 Å². The maximum Gasteiger partial charge on any atom is 0.0887 e. The Morgan fingerprint density at radius 1 is 0.250 bits per heavy atom. The predicted molar refractivity (Wildman–Crippen MR) is 369 cm³/mol. The molecule has 10 aromatic rings. The standard InChI is InChI=1S/C38H39ClN2.C21H28.C18H13Cl2N.CH4/c1-37(2,3)28-20-24-32(25-21-28)41(33-26-22-29(23-27-33)38(4,5)6)35-19-13-18-34(36(35)39)40(30-14-9-7-10-15-30)31-16-11-8-12-17-31;1-20(2,3)18-11-7-16(8-12-18)15-17-9-13-19(14-10-17)21(4,5)6;19-16-12-7-13-17(18(16)20)21(14-8-3-1-4-9-14)15-10-5-2-6-11-15;/h7-27H,1-6H3;7-14H,15H2,1-6H3;1-13H;1H4. The van der Waals surface area contributed by atoms with Crippen LogP contribution in [0.5, 0.6) is 0 Å². The van der Waals surface area contributed by atoms with Crippen LogP contribution < -0.4 is 14.7 Å². The Morgan fingerprint density at radius 3 is 0.738 bits per heavy atom. The second-order valence-corrected chi connectivity index (χ2v) is 26.4. The van der Waals surface area contributed by atoms with Gasteiger partial charge in [-0.25, -0.2) is 0 Å². The van der Waals surface area contributed by atoms with E-state index in [1.807, 2.05) is 84.9 Å². The van der Waals surface area contributed by atoms with Gasteiger partial charge in [-0.1, -0.05) is 283 Å². The van der Waals surface area contributed by atoms with Gasteiger partial charge in [0.25, 0.3) is 0 Å². The minimum absolute atomic E-state index is 0. The Kier molecular flexibility index (Phi) is 21.3. The molecule has 0 radical (unpaired) electrons. The lowest BCUT2D eigenvalue weighted by Crippen LogP contribution is -2.16. The highest BCUT2D eigenvalue weighted by atomic mass is 35.5. The van der Waals surface area contributed by atoms with E-state index in [1.54, 1.807) is 6.07 Å². The van der Waals surface area contributed by atoms with Gasteiger partial charge in [0.05, 0.1) is 32.1 Å². The van der Waals surface area contributed by atoms with Crippen LogP contribution in [0.2, 0.25) is 15.1 Å². The molecule has 0 spiro atoms. The molecule has 10 rings (SSSR count). The summed E-state index contributed by atoms with van der Waals surface area (Å²) in [5.74, 6) is 0. The van der Waals surface area contributed by atoms with Gasteiger partial charge in [-0.05, 0) is 159 Å². The SMILES string of the molecule is C.CC(C)(C)c1ccc(Cc2ccc(C(C)(C)C)cc2)cc1.CC(C)(C)c1ccc(N(c2ccc(C(C)(C)C)cc2)c2cccc(N(c3ccccc3)c3ccccc3)c2Cl)cc1.Clc1cccc(N(c2ccccc2)c2ccccc2)c1Cl. The molecule has 10 aromatic carbocycles. The molecule has 0 aliphatic rings. The van der Waals surface area contributed by atoms with E-state index >= 15 is 0 Å². The van der Waals surface area contributed by atoms with Crippen LogP contribution in [-0.2, 0) is 28.1 Å². The summed E-state index contributed by atoms with van der Waals surface area (Å²) < 4.78 is 0. The fourth-order valence-electron chi connectivity index (χ4n) is 9.81. The Labute approximate surface area is 519 Å². The number of hydrogen-bond donors (Lipinski definition) is 0. The maximum atomic E-state index is 7.42. The zero-order chi connectivity index (χ0) is 59.5. The van der Waals surface area contributed by atoms with Crippen LogP contribution in [0.15, 0.2) is 255 Å². The van der Waals surface area contributed by atoms with E-state index < -0.39 is 0 Å². The molecule has 6 heteroatoms. The zero-order valence-corrected chi connectivity index (χ0v) is 52.7. The summed E-state index contributed by atoms with van der Waals surface area (Å²) in [4.78, 5) is 6.57. The molecule has 3 nitrogen and oxygen atoms in total. The molecule has 84 heavy (non-hydrogen) atoms. The van der Waals surface area contributed by atoms with Crippen LogP contribution in [0.3, 0.4) is 0 Å². The topological polar surface area (TPSA) is 9.72 Å². The first-order chi connectivity index (χ1) is 39.5. The van der Waals surface area contributed by atoms with Gasteiger partial charge in [0.1, 0.15) is 0 Å². The van der Waals surface area contributed by atoms with Gasteiger partial charge in [-0.2, -0.15) is 0 Å². The summed E-state index contributed by atoms with van der Waals surface area (Å²) in [5.41, 5.74) is 17.7. The third kappa shape index (κ3) is 16.4. The number of halogens is 3. The quantitative estimate of drug-likeness (QED) is 0.128. The van der Waals surface area contributed by atoms with E-state index in [0.29, 0.717) is 15.1 Å². The molecule has 0 saturated carbocycles. The number of rotatable bonds is 11. The third-order valence-electron chi connectivity index (χ3n) is 14.7. The van der Waals surface area contributed by atoms with Crippen molar-refractivity contribution in [3.8, 4) is 0 Å². The van der Waals surface area contributed by atoms with Crippen LogP contribution in [0.4, 0.5) is 51.2 Å². The monoisotopic (exact) mass is 1170 g/mol. The van der Waals surface area contributed by atoms with Crippen LogP contribution in [-0.4, -0.2) is 0 Å². The van der Waals surface area contributed by atoms with Crippen molar-refractivity contribution in [1.82, 2.24) is 0 Å². The molecule has 0 heterocycles. The fraction of sp³-hybridized carbons (Fsp3) is 0.231. The second kappa shape index (κ2) is 27.9. The van der Waals surface area contributed by atoms with E-state index in [9.17, 15) is 0 Å². The molecule has 0 aliphatic heterocycles. The molecule has 432 valence electrons. The highest BCUT2D eigenvalue weighted by Crippen LogP contribution is 2.47. The van der Waals surface area contributed by atoms with Crippen molar-refractivity contribution in [3.63, 3.8) is 0 Å². The lowest BCUT2D eigenvalue weighted by Gasteiger charge is -2.31. The van der Waals surface area contributed by atoms with E-state index in [4.69, 9.17) is 34.8 Å². The normalized spacial score (nSPS) is 11.5. The molecule has 0 N–H and O–H groups in total. The van der Waals surface area contributed by atoms with E-state index in [2.05, 4.69) is 262 Å². The van der Waals surface area contributed by atoms with Crippen molar-refractivity contribution < 1.29 is 0 Å². The van der Waals surface area contributed by atoms with Crippen molar-refractivity contribution in [1.29, 1.82) is 0 Å². The second-order valence-electron chi connectivity index (χ2n) is 25.2. The third-order valence-corrected chi connectivity index (χ3v) is 15.9. The zero-order valence-electron chi connectivity index (χ0n) is 50.4. The highest BCUT2D eigenvalue weighted by Gasteiger charge is 2.24. The van der Waals surface area contributed by atoms with Crippen LogP contribution in [0, 0.1) is 0 Å². The van der Waals surface area contributed by atoms with Crippen LogP contribution in [0.1, 0.15) is 124 Å². The minimum atomic E-state index is 0. The number of nitrogens with zero attached hydrogens (tertiary/aromatic N) is 3. The Morgan fingerprint density at radius 2 is 0.476 bits per heavy atom. The van der Waals surface area contributed by atoms with Gasteiger partial charge in [0.15, 0.2) is 0 Å². The Hall–Kier alpha value is -7.53. The van der Waals surface area contributed by atoms with Gasteiger partial charge in [-0.3, -0.25) is 0 Å². The number of para-hydroxylation sites is 4. The smallest absolute Gasteiger partial charge is 0.0887 e. The largest absolute Gasteiger partial charge is 0.309 e. The molecule has 0 aromatic heterocycles. The summed E-state index contributed by atoms with van der Waals surface area (Å²) in [7, 11) is 0. The number of anilines is 9. The van der Waals surface area contributed by atoms with Gasteiger partial charge in [0, 0.05) is 34.1 Å². The molecule has 0 bridgehead atoms. The van der Waals surface area contributed by atoms with Crippen molar-refractivity contribution in [3.05, 3.63) is 303 Å². The van der Waals surface area contributed by atoms with E-state index in [-0.39, 0.29) is 29.1 Å².